The fourth-order valence-corrected chi connectivity index (χ4v) is 3.11. The summed E-state index contributed by atoms with van der Waals surface area (Å²) in [6.07, 6.45) is 4.86. The monoisotopic (exact) mass is 213 g/mol. The van der Waals surface area contributed by atoms with Gasteiger partial charge in [-0.2, -0.15) is 0 Å². The second-order valence-electron chi connectivity index (χ2n) is 6.06. The molecule has 0 heterocycles. The van der Waals surface area contributed by atoms with E-state index in [-0.39, 0.29) is 12.6 Å². The summed E-state index contributed by atoms with van der Waals surface area (Å²) in [4.78, 5) is 0. The summed E-state index contributed by atoms with van der Waals surface area (Å²) in [7, 11) is 0. The van der Waals surface area contributed by atoms with Gasteiger partial charge < -0.3 is 10.4 Å². The first-order valence-electron chi connectivity index (χ1n) is 6.33. The van der Waals surface area contributed by atoms with Crippen LogP contribution in [0.1, 0.15) is 53.4 Å². The number of hydrogen-bond acceptors (Lipinski definition) is 2. The van der Waals surface area contributed by atoms with Crippen molar-refractivity contribution in [3.8, 4) is 0 Å². The maximum absolute atomic E-state index is 9.19. The summed E-state index contributed by atoms with van der Waals surface area (Å²) in [6.45, 7) is 9.46. The average molecular weight is 213 g/mol. The van der Waals surface area contributed by atoms with Crippen molar-refractivity contribution in [2.75, 3.05) is 6.61 Å². The van der Waals surface area contributed by atoms with Crippen LogP contribution in [-0.2, 0) is 0 Å². The van der Waals surface area contributed by atoms with Gasteiger partial charge >= 0.3 is 0 Å². The van der Waals surface area contributed by atoms with Crippen molar-refractivity contribution in [3.05, 3.63) is 0 Å². The molecule has 0 amide bonds. The van der Waals surface area contributed by atoms with E-state index in [2.05, 4.69) is 33.0 Å². The first-order chi connectivity index (χ1) is 6.96. The number of nitrogens with one attached hydrogen (secondary N) is 1. The zero-order valence-corrected chi connectivity index (χ0v) is 10.7. The Kier molecular flexibility index (Phi) is 4.60. The summed E-state index contributed by atoms with van der Waals surface area (Å²) in [5.74, 6) is 0.808. The molecule has 2 heteroatoms. The first kappa shape index (κ1) is 13.0. The molecule has 1 fully saturated rings. The van der Waals surface area contributed by atoms with Gasteiger partial charge in [0.25, 0.3) is 0 Å². The summed E-state index contributed by atoms with van der Waals surface area (Å²) in [5.41, 5.74) is 0.461. The summed E-state index contributed by atoms with van der Waals surface area (Å²) < 4.78 is 0. The Labute approximate surface area is 94.5 Å². The van der Waals surface area contributed by atoms with Gasteiger partial charge in [0.2, 0.25) is 0 Å². The largest absolute Gasteiger partial charge is 0.395 e. The molecular weight excluding hydrogens is 186 g/mol. The van der Waals surface area contributed by atoms with Crippen molar-refractivity contribution in [1.82, 2.24) is 5.32 Å². The van der Waals surface area contributed by atoms with E-state index in [4.69, 9.17) is 0 Å². The molecule has 0 spiro atoms. The van der Waals surface area contributed by atoms with Crippen molar-refractivity contribution < 1.29 is 5.11 Å². The highest BCUT2D eigenvalue weighted by molar-refractivity contribution is 4.87. The second-order valence-corrected chi connectivity index (χ2v) is 6.06. The third kappa shape index (κ3) is 4.12. The number of aliphatic hydroxyl groups is 1. The Bertz CT molecular complexity index is 187. The molecule has 2 nitrogen and oxygen atoms in total. The van der Waals surface area contributed by atoms with Gasteiger partial charge in [0.15, 0.2) is 0 Å². The van der Waals surface area contributed by atoms with Gasteiger partial charge in [-0.15, -0.1) is 0 Å². The maximum Gasteiger partial charge on any atom is 0.0584 e. The van der Waals surface area contributed by atoms with Gasteiger partial charge in [0, 0.05) is 12.1 Å². The molecule has 0 aromatic rings. The number of aliphatic hydroxyl groups excluding tert-OH is 1. The second kappa shape index (κ2) is 5.31. The molecule has 0 bridgehead atoms. The quantitative estimate of drug-likeness (QED) is 0.752. The van der Waals surface area contributed by atoms with Crippen molar-refractivity contribution in [1.29, 1.82) is 0 Å². The SMILES string of the molecule is CC[C@@H](CO)NC1CC(C)CC(C)(C)C1. The lowest BCUT2D eigenvalue weighted by Crippen LogP contribution is -2.46. The molecule has 1 aliphatic rings. The molecule has 1 aliphatic carbocycles. The minimum absolute atomic E-state index is 0.266. The van der Waals surface area contributed by atoms with Crippen LogP contribution in [-0.4, -0.2) is 23.8 Å². The minimum atomic E-state index is 0.266. The third-order valence-electron chi connectivity index (χ3n) is 3.57. The molecule has 0 aliphatic heterocycles. The van der Waals surface area contributed by atoms with E-state index in [9.17, 15) is 5.11 Å². The molecular formula is C13H27NO. The van der Waals surface area contributed by atoms with E-state index in [1.54, 1.807) is 0 Å². The van der Waals surface area contributed by atoms with Crippen molar-refractivity contribution in [3.63, 3.8) is 0 Å². The van der Waals surface area contributed by atoms with E-state index in [1.165, 1.54) is 19.3 Å². The maximum atomic E-state index is 9.19. The molecule has 15 heavy (non-hydrogen) atoms. The summed E-state index contributed by atoms with van der Waals surface area (Å²) >= 11 is 0. The van der Waals surface area contributed by atoms with Crippen molar-refractivity contribution >= 4 is 0 Å². The topological polar surface area (TPSA) is 32.3 Å². The zero-order chi connectivity index (χ0) is 11.5. The van der Waals surface area contributed by atoms with E-state index in [0.29, 0.717) is 11.5 Å². The van der Waals surface area contributed by atoms with Crippen LogP contribution in [0.4, 0.5) is 0 Å². The van der Waals surface area contributed by atoms with Crippen LogP contribution in [0.25, 0.3) is 0 Å². The minimum Gasteiger partial charge on any atom is -0.395 e. The first-order valence-corrected chi connectivity index (χ1v) is 6.33. The Morgan fingerprint density at radius 2 is 2.07 bits per heavy atom. The lowest BCUT2D eigenvalue weighted by molar-refractivity contribution is 0.131. The molecule has 2 unspecified atom stereocenters. The smallest absolute Gasteiger partial charge is 0.0584 e. The Morgan fingerprint density at radius 1 is 1.40 bits per heavy atom. The van der Waals surface area contributed by atoms with E-state index in [0.717, 1.165) is 12.3 Å². The predicted octanol–water partition coefficient (Wildman–Crippen LogP) is 2.56. The van der Waals surface area contributed by atoms with Crippen LogP contribution in [0.15, 0.2) is 0 Å². The lowest BCUT2D eigenvalue weighted by Gasteiger charge is -2.40. The average Bonchev–Trinajstić information content (AvgIpc) is 2.10. The molecule has 2 N–H and O–H groups in total. The highest BCUT2D eigenvalue weighted by Gasteiger charge is 2.32. The van der Waals surface area contributed by atoms with Crippen LogP contribution in [0.5, 0.6) is 0 Å². The van der Waals surface area contributed by atoms with Gasteiger partial charge in [-0.25, -0.2) is 0 Å². The van der Waals surface area contributed by atoms with Crippen LogP contribution >= 0.6 is 0 Å². The molecule has 0 radical (unpaired) electrons. The molecule has 3 atom stereocenters. The van der Waals surface area contributed by atoms with Crippen LogP contribution in [0.3, 0.4) is 0 Å². The van der Waals surface area contributed by atoms with Crippen molar-refractivity contribution in [2.45, 2.75) is 65.5 Å². The Hall–Kier alpha value is -0.0800. The van der Waals surface area contributed by atoms with Gasteiger partial charge in [0.05, 0.1) is 6.61 Å². The third-order valence-corrected chi connectivity index (χ3v) is 3.57. The molecule has 1 saturated carbocycles. The molecule has 0 aromatic carbocycles. The number of rotatable bonds is 4. The standard InChI is InChI=1S/C13H27NO/c1-5-11(9-15)14-12-6-10(2)7-13(3,4)8-12/h10-12,14-15H,5-9H2,1-4H3/t10?,11-,12?/m0/s1. The van der Waals surface area contributed by atoms with Crippen LogP contribution in [0, 0.1) is 11.3 Å². The highest BCUT2D eigenvalue weighted by Crippen LogP contribution is 2.38. The van der Waals surface area contributed by atoms with Crippen LogP contribution in [0.2, 0.25) is 0 Å². The zero-order valence-electron chi connectivity index (χ0n) is 10.7. The van der Waals surface area contributed by atoms with Gasteiger partial charge in [0.1, 0.15) is 0 Å². The van der Waals surface area contributed by atoms with Gasteiger partial charge in [-0.1, -0.05) is 27.7 Å². The molecule has 90 valence electrons. The molecule has 0 saturated heterocycles. The molecule has 1 rings (SSSR count). The van der Waals surface area contributed by atoms with E-state index >= 15 is 0 Å². The highest BCUT2D eigenvalue weighted by atomic mass is 16.3. The summed E-state index contributed by atoms with van der Waals surface area (Å²) in [5, 5.41) is 12.8. The Morgan fingerprint density at radius 3 is 2.53 bits per heavy atom. The van der Waals surface area contributed by atoms with E-state index in [1.807, 2.05) is 0 Å². The lowest BCUT2D eigenvalue weighted by atomic mass is 9.70. The normalized spacial score (nSPS) is 32.6. The Balaban J connectivity index is 2.47. The molecule has 0 aromatic heterocycles. The van der Waals surface area contributed by atoms with Gasteiger partial charge in [-0.3, -0.25) is 0 Å². The fraction of sp³-hybridized carbons (Fsp3) is 1.00. The van der Waals surface area contributed by atoms with Crippen LogP contribution < -0.4 is 5.32 Å². The summed E-state index contributed by atoms with van der Waals surface area (Å²) in [6, 6.07) is 0.886. The fourth-order valence-electron chi connectivity index (χ4n) is 3.11. The predicted molar refractivity (Wildman–Crippen MR) is 64.9 cm³/mol. The van der Waals surface area contributed by atoms with Crippen molar-refractivity contribution in [2.24, 2.45) is 11.3 Å². The van der Waals surface area contributed by atoms with E-state index < -0.39 is 0 Å². The van der Waals surface area contributed by atoms with Gasteiger partial charge in [-0.05, 0) is 37.0 Å². The number of hydrogen-bond donors (Lipinski definition) is 2.